The van der Waals surface area contributed by atoms with E-state index in [1.54, 1.807) is 31.4 Å². The summed E-state index contributed by atoms with van der Waals surface area (Å²) < 4.78 is 7.19. The van der Waals surface area contributed by atoms with Crippen LogP contribution in [0.5, 0.6) is 5.75 Å². The van der Waals surface area contributed by atoms with Gasteiger partial charge in [-0.3, -0.25) is 9.36 Å². The van der Waals surface area contributed by atoms with Gasteiger partial charge in [0, 0.05) is 27.0 Å². The van der Waals surface area contributed by atoms with Gasteiger partial charge >= 0.3 is 0 Å². The predicted octanol–water partition coefficient (Wildman–Crippen LogP) is 6.29. The maximum atomic E-state index is 12.6. The molecule has 0 spiro atoms. The Balaban J connectivity index is 1.60. The highest BCUT2D eigenvalue weighted by Gasteiger charge is 2.18. The van der Waals surface area contributed by atoms with Crippen molar-refractivity contribution in [3.63, 3.8) is 0 Å². The lowest BCUT2D eigenvalue weighted by atomic mass is 10.2. The van der Waals surface area contributed by atoms with Crippen molar-refractivity contribution in [2.45, 2.75) is 12.1 Å². The summed E-state index contributed by atoms with van der Waals surface area (Å²) in [4.78, 5) is 12.6. The van der Waals surface area contributed by atoms with Crippen LogP contribution < -0.4 is 10.1 Å². The Hall–Kier alpha value is -3.00. The van der Waals surface area contributed by atoms with Crippen LogP contribution in [0, 0.1) is 6.92 Å². The number of carbonyl (C=O) groups excluding carboxylic acids is 1. The van der Waals surface area contributed by atoms with Gasteiger partial charge < -0.3 is 10.1 Å². The van der Waals surface area contributed by atoms with Crippen molar-refractivity contribution in [3.8, 4) is 22.8 Å². The van der Waals surface area contributed by atoms with Crippen LogP contribution in [0.25, 0.3) is 17.1 Å². The van der Waals surface area contributed by atoms with Crippen LogP contribution in [-0.2, 0) is 4.79 Å². The first-order valence-corrected chi connectivity index (χ1v) is 11.7. The highest BCUT2D eigenvalue weighted by Crippen LogP contribution is 2.30. The third-order valence-electron chi connectivity index (χ3n) is 4.86. The van der Waals surface area contributed by atoms with E-state index < -0.39 is 0 Å². The zero-order chi connectivity index (χ0) is 23.4. The number of hydrogen-bond acceptors (Lipinski definition) is 5. The van der Waals surface area contributed by atoms with Crippen LogP contribution >= 0.6 is 35.0 Å². The molecular weight excluding hydrogens is 479 g/mol. The Kier molecular flexibility index (Phi) is 7.23. The number of carbonyl (C=O) groups is 1. The highest BCUT2D eigenvalue weighted by atomic mass is 35.5. The van der Waals surface area contributed by atoms with Crippen molar-refractivity contribution in [2.24, 2.45) is 0 Å². The van der Waals surface area contributed by atoms with Crippen LogP contribution in [0.1, 0.15) is 5.56 Å². The number of aromatic nitrogens is 3. The molecule has 1 aromatic heterocycles. The van der Waals surface area contributed by atoms with E-state index in [0.717, 1.165) is 28.3 Å². The number of benzene rings is 3. The van der Waals surface area contributed by atoms with Gasteiger partial charge in [0.2, 0.25) is 5.91 Å². The summed E-state index contributed by atoms with van der Waals surface area (Å²) in [5.41, 5.74) is 3.33. The zero-order valence-electron chi connectivity index (χ0n) is 17.9. The summed E-state index contributed by atoms with van der Waals surface area (Å²) in [6.45, 7) is 1.90. The van der Waals surface area contributed by atoms with E-state index in [0.29, 0.717) is 21.0 Å². The minimum Gasteiger partial charge on any atom is -0.497 e. The van der Waals surface area contributed by atoms with Gasteiger partial charge in [0.15, 0.2) is 11.0 Å². The minimum absolute atomic E-state index is 0.150. The van der Waals surface area contributed by atoms with Crippen molar-refractivity contribution >= 4 is 46.6 Å². The van der Waals surface area contributed by atoms with Crippen LogP contribution in [0.3, 0.4) is 0 Å². The fourth-order valence-corrected chi connectivity index (χ4v) is 4.30. The van der Waals surface area contributed by atoms with Crippen molar-refractivity contribution in [1.82, 2.24) is 14.8 Å². The molecule has 3 aromatic carbocycles. The monoisotopic (exact) mass is 498 g/mol. The molecule has 4 aromatic rings. The van der Waals surface area contributed by atoms with E-state index in [1.165, 1.54) is 11.8 Å². The lowest BCUT2D eigenvalue weighted by Gasteiger charge is -2.12. The average Bonchev–Trinajstić information content (AvgIpc) is 3.24. The highest BCUT2D eigenvalue weighted by molar-refractivity contribution is 7.99. The summed E-state index contributed by atoms with van der Waals surface area (Å²) in [6, 6.07) is 20.3. The molecule has 1 heterocycles. The molecule has 0 aliphatic rings. The molecular formula is C24H20Cl2N4O2S. The van der Waals surface area contributed by atoms with Gasteiger partial charge in [0.05, 0.1) is 12.9 Å². The van der Waals surface area contributed by atoms with E-state index in [9.17, 15) is 4.79 Å². The Morgan fingerprint density at radius 2 is 1.70 bits per heavy atom. The van der Waals surface area contributed by atoms with Crippen molar-refractivity contribution in [2.75, 3.05) is 18.2 Å². The van der Waals surface area contributed by atoms with E-state index in [4.69, 9.17) is 27.9 Å². The number of hydrogen-bond donors (Lipinski definition) is 1. The van der Waals surface area contributed by atoms with Crippen molar-refractivity contribution < 1.29 is 9.53 Å². The first kappa shape index (κ1) is 23.2. The van der Waals surface area contributed by atoms with Crippen LogP contribution in [0.4, 0.5) is 5.69 Å². The summed E-state index contributed by atoms with van der Waals surface area (Å²) in [5.74, 6) is 1.40. The number of rotatable bonds is 7. The number of aryl methyl sites for hydroxylation is 1. The zero-order valence-corrected chi connectivity index (χ0v) is 20.2. The Morgan fingerprint density at radius 3 is 2.36 bits per heavy atom. The van der Waals surface area contributed by atoms with Crippen LogP contribution in [0.2, 0.25) is 10.0 Å². The molecule has 0 unspecified atom stereocenters. The van der Waals surface area contributed by atoms with Crippen LogP contribution in [0.15, 0.2) is 71.9 Å². The van der Waals surface area contributed by atoms with Gasteiger partial charge in [-0.05, 0) is 79.2 Å². The Bertz CT molecular complexity index is 1270. The number of ether oxygens (including phenoxy) is 1. The molecule has 6 nitrogen and oxygen atoms in total. The van der Waals surface area contributed by atoms with Crippen molar-refractivity contribution in [1.29, 1.82) is 0 Å². The molecule has 1 N–H and O–H groups in total. The molecule has 0 aliphatic heterocycles. The predicted molar refractivity (Wildman–Crippen MR) is 134 cm³/mol. The third kappa shape index (κ3) is 5.50. The maximum Gasteiger partial charge on any atom is 0.234 e. The minimum atomic E-state index is -0.150. The summed E-state index contributed by atoms with van der Waals surface area (Å²) in [7, 11) is 1.62. The van der Waals surface area contributed by atoms with Gasteiger partial charge in [0.25, 0.3) is 0 Å². The number of nitrogens with zero attached hydrogens (tertiary/aromatic N) is 3. The Labute approximate surface area is 205 Å². The first-order chi connectivity index (χ1) is 15.9. The second-order valence-electron chi connectivity index (χ2n) is 7.14. The average molecular weight is 499 g/mol. The molecule has 1 amide bonds. The molecule has 0 saturated heterocycles. The topological polar surface area (TPSA) is 69.0 Å². The lowest BCUT2D eigenvalue weighted by molar-refractivity contribution is -0.113. The number of nitrogens with one attached hydrogen (secondary N) is 1. The summed E-state index contributed by atoms with van der Waals surface area (Å²) in [6.07, 6.45) is 0. The molecule has 33 heavy (non-hydrogen) atoms. The fourth-order valence-electron chi connectivity index (χ4n) is 3.20. The summed E-state index contributed by atoms with van der Waals surface area (Å²) in [5, 5.41) is 13.5. The number of halogens is 2. The quantitative estimate of drug-likeness (QED) is 0.303. The molecule has 168 valence electrons. The lowest BCUT2D eigenvalue weighted by Crippen LogP contribution is -2.15. The second kappa shape index (κ2) is 10.3. The van der Waals surface area contributed by atoms with Gasteiger partial charge in [-0.15, -0.1) is 10.2 Å². The second-order valence-corrected chi connectivity index (χ2v) is 8.96. The summed E-state index contributed by atoms with van der Waals surface area (Å²) >= 11 is 13.4. The molecule has 4 rings (SSSR count). The fraction of sp³-hybridized carbons (Fsp3) is 0.125. The van der Waals surface area contributed by atoms with E-state index in [1.807, 2.05) is 54.0 Å². The van der Waals surface area contributed by atoms with Crippen molar-refractivity contribution in [3.05, 3.63) is 82.3 Å². The van der Waals surface area contributed by atoms with E-state index >= 15 is 0 Å². The number of methoxy groups -OCH3 is 1. The SMILES string of the molecule is COc1ccc(-n2c(SCC(=O)Nc3ccc(Cl)cc3C)nnc2-c2ccc(Cl)cc2)cc1. The smallest absolute Gasteiger partial charge is 0.234 e. The van der Waals surface area contributed by atoms with Gasteiger partial charge in [-0.25, -0.2) is 0 Å². The molecule has 0 radical (unpaired) electrons. The number of thioether (sulfide) groups is 1. The van der Waals surface area contributed by atoms with Gasteiger partial charge in [-0.2, -0.15) is 0 Å². The number of anilines is 1. The normalized spacial score (nSPS) is 10.8. The maximum absolute atomic E-state index is 12.6. The van der Waals surface area contributed by atoms with Crippen LogP contribution in [-0.4, -0.2) is 33.5 Å². The van der Waals surface area contributed by atoms with E-state index in [-0.39, 0.29) is 11.7 Å². The standard InChI is InChI=1S/C24H20Cl2N4O2S/c1-15-13-18(26)7-12-21(15)27-22(31)14-33-24-29-28-23(16-3-5-17(25)6-4-16)30(24)19-8-10-20(32-2)11-9-19/h3-13H,14H2,1-2H3,(H,27,31). The molecule has 0 saturated carbocycles. The van der Waals surface area contributed by atoms with Gasteiger partial charge in [0.1, 0.15) is 5.75 Å². The van der Waals surface area contributed by atoms with E-state index in [2.05, 4.69) is 15.5 Å². The Morgan fingerprint density at radius 1 is 1.00 bits per heavy atom. The molecule has 0 aliphatic carbocycles. The molecule has 9 heteroatoms. The first-order valence-electron chi connectivity index (χ1n) is 9.99. The molecule has 0 bridgehead atoms. The third-order valence-corrected chi connectivity index (χ3v) is 6.28. The molecule has 0 fully saturated rings. The number of amides is 1. The van der Waals surface area contributed by atoms with Gasteiger partial charge in [-0.1, -0.05) is 35.0 Å². The molecule has 0 atom stereocenters. The largest absolute Gasteiger partial charge is 0.497 e.